The first-order chi connectivity index (χ1) is 12.6. The molecule has 2 aromatic heterocycles. The molecule has 1 N–H and O–H groups in total. The zero-order valence-corrected chi connectivity index (χ0v) is 14.6. The molecule has 0 spiro atoms. The highest BCUT2D eigenvalue weighted by molar-refractivity contribution is 5.77. The first kappa shape index (κ1) is 16.4. The van der Waals surface area contributed by atoms with E-state index in [2.05, 4.69) is 39.6 Å². The number of hydrogen-bond donors (Lipinski definition) is 1. The lowest BCUT2D eigenvalue weighted by molar-refractivity contribution is -0.122. The summed E-state index contributed by atoms with van der Waals surface area (Å²) in [5.41, 5.74) is 2.44. The quantitative estimate of drug-likeness (QED) is 0.768. The molecule has 2 heterocycles. The fourth-order valence-corrected chi connectivity index (χ4v) is 3.16. The van der Waals surface area contributed by atoms with Gasteiger partial charge >= 0.3 is 0 Å². The summed E-state index contributed by atoms with van der Waals surface area (Å²) < 4.78 is 1.33. The Labute approximate surface area is 150 Å². The monoisotopic (exact) mass is 348 g/mol. The van der Waals surface area contributed by atoms with Crippen molar-refractivity contribution in [3.05, 3.63) is 70.4 Å². The molecule has 3 aromatic rings. The van der Waals surface area contributed by atoms with Gasteiger partial charge in [0.2, 0.25) is 5.91 Å². The summed E-state index contributed by atoms with van der Waals surface area (Å²) in [6, 6.07) is 11.6. The number of pyridine rings is 1. The van der Waals surface area contributed by atoms with Gasteiger partial charge < -0.3 is 5.32 Å². The van der Waals surface area contributed by atoms with E-state index < -0.39 is 0 Å². The second kappa shape index (κ2) is 6.71. The van der Waals surface area contributed by atoms with Crippen LogP contribution >= 0.6 is 0 Å². The van der Waals surface area contributed by atoms with Crippen LogP contribution in [-0.4, -0.2) is 20.4 Å². The van der Waals surface area contributed by atoms with E-state index in [1.807, 2.05) is 6.92 Å². The molecule has 1 atom stereocenters. The summed E-state index contributed by atoms with van der Waals surface area (Å²) in [5, 5.41) is 3.51. The first-order valence-electron chi connectivity index (χ1n) is 8.78. The van der Waals surface area contributed by atoms with Crippen LogP contribution in [0.5, 0.6) is 0 Å². The van der Waals surface area contributed by atoms with Crippen LogP contribution in [-0.2, 0) is 11.3 Å². The molecule has 0 bridgehead atoms. The Morgan fingerprint density at radius 1 is 1.23 bits per heavy atom. The topological polar surface area (TPSA) is 76.9 Å². The van der Waals surface area contributed by atoms with E-state index in [1.54, 1.807) is 18.3 Å². The predicted octanol–water partition coefficient (Wildman–Crippen LogP) is 2.37. The Hall–Kier alpha value is -3.02. The minimum Gasteiger partial charge on any atom is -0.347 e. The summed E-state index contributed by atoms with van der Waals surface area (Å²) in [4.78, 5) is 33.3. The summed E-state index contributed by atoms with van der Waals surface area (Å²) in [6.07, 6.45) is 5.20. The number of aromatic nitrogens is 3. The summed E-state index contributed by atoms with van der Waals surface area (Å²) in [7, 11) is 0. The molecule has 0 radical (unpaired) electrons. The van der Waals surface area contributed by atoms with Crippen molar-refractivity contribution < 1.29 is 4.79 Å². The van der Waals surface area contributed by atoms with Crippen LogP contribution in [0.25, 0.3) is 11.0 Å². The van der Waals surface area contributed by atoms with E-state index in [4.69, 9.17) is 0 Å². The normalized spacial score (nSPS) is 15.0. The second-order valence-corrected chi connectivity index (χ2v) is 6.85. The molecule has 0 saturated heterocycles. The van der Waals surface area contributed by atoms with E-state index in [0.29, 0.717) is 17.0 Å². The third kappa shape index (κ3) is 3.35. The van der Waals surface area contributed by atoms with Crippen molar-refractivity contribution in [1.82, 2.24) is 19.9 Å². The van der Waals surface area contributed by atoms with E-state index in [-0.39, 0.29) is 24.1 Å². The number of nitrogens with one attached hydrogen (secondary N) is 1. The number of aryl methyl sites for hydroxylation is 1. The standard InChI is InChI=1S/C20H20N4O2/c1-13-4-6-14(7-5-13)18(15-8-9-15)23-17(25)11-24-12-22-19-16(20(24)26)3-2-10-21-19/h2-7,10,12,15,18H,8-9,11H2,1H3,(H,23,25). The number of carbonyl (C=O) groups is 1. The van der Waals surface area contributed by atoms with E-state index in [9.17, 15) is 9.59 Å². The Morgan fingerprint density at radius 3 is 2.73 bits per heavy atom. The zero-order valence-electron chi connectivity index (χ0n) is 14.6. The molecule has 4 rings (SSSR count). The number of nitrogens with zero attached hydrogens (tertiary/aromatic N) is 3. The third-order valence-corrected chi connectivity index (χ3v) is 4.76. The first-order valence-corrected chi connectivity index (χ1v) is 8.78. The number of hydrogen-bond acceptors (Lipinski definition) is 4. The number of amides is 1. The van der Waals surface area contributed by atoms with Crippen molar-refractivity contribution in [2.75, 3.05) is 0 Å². The molecule has 26 heavy (non-hydrogen) atoms. The van der Waals surface area contributed by atoms with Crippen LogP contribution in [0.4, 0.5) is 0 Å². The van der Waals surface area contributed by atoms with Gasteiger partial charge in [0.25, 0.3) is 5.56 Å². The minimum absolute atomic E-state index is 0.00566. The van der Waals surface area contributed by atoms with Gasteiger partial charge in [-0.15, -0.1) is 0 Å². The van der Waals surface area contributed by atoms with Crippen LogP contribution in [0, 0.1) is 12.8 Å². The average molecular weight is 348 g/mol. The Balaban J connectivity index is 1.53. The Morgan fingerprint density at radius 2 is 2.00 bits per heavy atom. The molecule has 1 aliphatic rings. The molecular formula is C20H20N4O2. The van der Waals surface area contributed by atoms with Crippen molar-refractivity contribution in [3.63, 3.8) is 0 Å². The van der Waals surface area contributed by atoms with Gasteiger partial charge in [0.05, 0.1) is 11.4 Å². The number of carbonyl (C=O) groups excluding carboxylic acids is 1. The molecule has 1 unspecified atom stereocenters. The molecule has 1 fully saturated rings. The van der Waals surface area contributed by atoms with Gasteiger partial charge in [-0.1, -0.05) is 29.8 Å². The predicted molar refractivity (Wildman–Crippen MR) is 98.6 cm³/mol. The number of rotatable bonds is 5. The molecule has 6 nitrogen and oxygen atoms in total. The fourth-order valence-electron chi connectivity index (χ4n) is 3.16. The van der Waals surface area contributed by atoms with Crippen molar-refractivity contribution in [3.8, 4) is 0 Å². The number of fused-ring (bicyclic) bond motifs is 1. The van der Waals surface area contributed by atoms with Crippen molar-refractivity contribution in [1.29, 1.82) is 0 Å². The SMILES string of the molecule is Cc1ccc(C(NC(=O)Cn2cnc3ncccc3c2=O)C2CC2)cc1. The minimum atomic E-state index is -0.253. The zero-order chi connectivity index (χ0) is 18.1. The smallest absolute Gasteiger partial charge is 0.263 e. The highest BCUT2D eigenvalue weighted by Gasteiger charge is 2.33. The van der Waals surface area contributed by atoms with Gasteiger partial charge in [-0.3, -0.25) is 14.2 Å². The van der Waals surface area contributed by atoms with Crippen LogP contribution in [0.15, 0.2) is 53.7 Å². The lowest BCUT2D eigenvalue weighted by Gasteiger charge is -2.19. The van der Waals surface area contributed by atoms with Gasteiger partial charge in [0, 0.05) is 6.20 Å². The molecule has 1 amide bonds. The molecular weight excluding hydrogens is 328 g/mol. The third-order valence-electron chi connectivity index (χ3n) is 4.76. The summed E-state index contributed by atoms with van der Waals surface area (Å²) in [5.74, 6) is 0.284. The highest BCUT2D eigenvalue weighted by Crippen LogP contribution is 2.41. The molecule has 132 valence electrons. The fraction of sp³-hybridized carbons (Fsp3) is 0.300. The maximum atomic E-state index is 12.6. The number of benzene rings is 1. The maximum absolute atomic E-state index is 12.6. The molecule has 0 aliphatic heterocycles. The van der Waals surface area contributed by atoms with Crippen LogP contribution in [0.1, 0.15) is 30.0 Å². The van der Waals surface area contributed by atoms with Gasteiger partial charge in [0.1, 0.15) is 12.9 Å². The Bertz CT molecular complexity index is 1010. The Kier molecular flexibility index (Phi) is 4.24. The van der Waals surface area contributed by atoms with Crippen LogP contribution in [0.3, 0.4) is 0 Å². The molecule has 6 heteroatoms. The van der Waals surface area contributed by atoms with Crippen molar-refractivity contribution >= 4 is 16.9 Å². The largest absolute Gasteiger partial charge is 0.347 e. The molecule has 1 aliphatic carbocycles. The van der Waals surface area contributed by atoms with Crippen molar-refractivity contribution in [2.45, 2.75) is 32.4 Å². The van der Waals surface area contributed by atoms with Gasteiger partial charge in [-0.2, -0.15) is 0 Å². The van der Waals surface area contributed by atoms with Crippen LogP contribution in [0.2, 0.25) is 0 Å². The second-order valence-electron chi connectivity index (χ2n) is 6.85. The lowest BCUT2D eigenvalue weighted by atomic mass is 10.0. The lowest BCUT2D eigenvalue weighted by Crippen LogP contribution is -2.35. The van der Waals surface area contributed by atoms with Crippen LogP contribution < -0.4 is 10.9 Å². The molecule has 1 aromatic carbocycles. The van der Waals surface area contributed by atoms with Gasteiger partial charge in [-0.05, 0) is 43.4 Å². The van der Waals surface area contributed by atoms with E-state index in [1.165, 1.54) is 16.5 Å². The van der Waals surface area contributed by atoms with Gasteiger partial charge in [-0.25, -0.2) is 9.97 Å². The van der Waals surface area contributed by atoms with E-state index in [0.717, 1.165) is 18.4 Å². The summed E-state index contributed by atoms with van der Waals surface area (Å²) in [6.45, 7) is 1.99. The summed E-state index contributed by atoms with van der Waals surface area (Å²) >= 11 is 0. The average Bonchev–Trinajstić information content (AvgIpc) is 3.48. The highest BCUT2D eigenvalue weighted by atomic mass is 16.2. The van der Waals surface area contributed by atoms with E-state index >= 15 is 0 Å². The maximum Gasteiger partial charge on any atom is 0.263 e. The van der Waals surface area contributed by atoms with Gasteiger partial charge in [0.15, 0.2) is 5.65 Å². The van der Waals surface area contributed by atoms with Crippen molar-refractivity contribution in [2.24, 2.45) is 5.92 Å². The molecule has 1 saturated carbocycles.